The van der Waals surface area contributed by atoms with Crippen LogP contribution in [-0.4, -0.2) is 24.8 Å². The third kappa shape index (κ3) is 3.65. The van der Waals surface area contributed by atoms with Gasteiger partial charge in [-0.25, -0.2) is 0 Å². The Labute approximate surface area is 91.5 Å². The Balaban J connectivity index is 1.87. The van der Waals surface area contributed by atoms with Gasteiger partial charge in [-0.15, -0.1) is 0 Å². The van der Waals surface area contributed by atoms with E-state index in [2.05, 4.69) is 30.3 Å². The van der Waals surface area contributed by atoms with Gasteiger partial charge >= 0.3 is 0 Å². The number of aliphatic hydroxyl groups excluding tert-OH is 1. The number of rotatable bonds is 6. The number of aliphatic hydroxyl groups is 1. The zero-order valence-corrected chi connectivity index (χ0v) is 9.15. The lowest BCUT2D eigenvalue weighted by molar-refractivity contribution is -0.916. The monoisotopic (exact) mass is 206 g/mol. The standard InChI is InChI=1S/C13H19NO/c15-9-8-14(11-13-6-7-13)10-12-4-2-1-3-5-12/h1-5,13,15H,6-11H2/p+1. The molecule has 15 heavy (non-hydrogen) atoms. The third-order valence-corrected chi connectivity index (χ3v) is 3.04. The normalized spacial score (nSPS) is 17.7. The number of quaternary nitrogens is 1. The first-order valence-corrected chi connectivity index (χ1v) is 5.87. The van der Waals surface area contributed by atoms with E-state index < -0.39 is 0 Å². The topological polar surface area (TPSA) is 24.7 Å². The van der Waals surface area contributed by atoms with Crippen LogP contribution < -0.4 is 4.90 Å². The summed E-state index contributed by atoms with van der Waals surface area (Å²) < 4.78 is 0. The van der Waals surface area contributed by atoms with Gasteiger partial charge in [0.05, 0.1) is 13.2 Å². The minimum absolute atomic E-state index is 0.300. The molecule has 0 spiro atoms. The molecular formula is C13H20NO+. The van der Waals surface area contributed by atoms with Crippen LogP contribution in [0.1, 0.15) is 18.4 Å². The van der Waals surface area contributed by atoms with Crippen molar-refractivity contribution < 1.29 is 10.0 Å². The maximum Gasteiger partial charge on any atom is 0.103 e. The Kier molecular flexibility index (Phi) is 3.75. The predicted octanol–water partition coefficient (Wildman–Crippen LogP) is 0.474. The van der Waals surface area contributed by atoms with Crippen LogP contribution in [0.25, 0.3) is 0 Å². The average Bonchev–Trinajstić information content (AvgIpc) is 3.03. The molecule has 1 aliphatic carbocycles. The van der Waals surface area contributed by atoms with Gasteiger partial charge in [-0.1, -0.05) is 30.3 Å². The molecule has 0 bridgehead atoms. The summed E-state index contributed by atoms with van der Waals surface area (Å²) in [6.07, 6.45) is 2.79. The molecule has 0 radical (unpaired) electrons. The number of hydrogen-bond acceptors (Lipinski definition) is 1. The van der Waals surface area contributed by atoms with Crippen LogP contribution in [0.2, 0.25) is 0 Å². The molecule has 1 aliphatic rings. The van der Waals surface area contributed by atoms with Gasteiger partial charge in [0.1, 0.15) is 13.1 Å². The Morgan fingerprint density at radius 3 is 2.53 bits per heavy atom. The maximum atomic E-state index is 9.03. The first-order chi connectivity index (χ1) is 7.38. The van der Waals surface area contributed by atoms with Crippen LogP contribution in [0.4, 0.5) is 0 Å². The second-order valence-corrected chi connectivity index (χ2v) is 4.53. The minimum Gasteiger partial charge on any atom is -0.391 e. The Morgan fingerprint density at radius 1 is 1.20 bits per heavy atom. The Morgan fingerprint density at radius 2 is 1.93 bits per heavy atom. The van der Waals surface area contributed by atoms with Crippen molar-refractivity contribution in [3.05, 3.63) is 35.9 Å². The van der Waals surface area contributed by atoms with E-state index in [9.17, 15) is 0 Å². The van der Waals surface area contributed by atoms with Crippen LogP contribution >= 0.6 is 0 Å². The second kappa shape index (κ2) is 5.29. The van der Waals surface area contributed by atoms with E-state index in [1.807, 2.05) is 0 Å². The molecule has 0 heterocycles. The fraction of sp³-hybridized carbons (Fsp3) is 0.538. The van der Waals surface area contributed by atoms with Crippen molar-refractivity contribution >= 4 is 0 Å². The molecule has 2 N–H and O–H groups in total. The molecular weight excluding hydrogens is 186 g/mol. The summed E-state index contributed by atoms with van der Waals surface area (Å²) in [7, 11) is 0. The van der Waals surface area contributed by atoms with Crippen LogP contribution in [0.5, 0.6) is 0 Å². The number of benzene rings is 1. The van der Waals surface area contributed by atoms with E-state index in [1.54, 1.807) is 0 Å². The van der Waals surface area contributed by atoms with Crippen molar-refractivity contribution in [2.24, 2.45) is 5.92 Å². The summed E-state index contributed by atoms with van der Waals surface area (Å²) in [5.41, 5.74) is 1.38. The van der Waals surface area contributed by atoms with E-state index in [0.29, 0.717) is 6.61 Å². The van der Waals surface area contributed by atoms with Crippen molar-refractivity contribution in [3.8, 4) is 0 Å². The van der Waals surface area contributed by atoms with Gasteiger partial charge in [0.25, 0.3) is 0 Å². The Bertz CT molecular complexity index is 282. The van der Waals surface area contributed by atoms with Crippen molar-refractivity contribution in [1.29, 1.82) is 0 Å². The summed E-state index contributed by atoms with van der Waals surface area (Å²) in [4.78, 5) is 1.52. The minimum atomic E-state index is 0.300. The predicted molar refractivity (Wildman–Crippen MR) is 60.7 cm³/mol. The van der Waals surface area contributed by atoms with Gasteiger partial charge in [-0.3, -0.25) is 0 Å². The zero-order valence-electron chi connectivity index (χ0n) is 9.15. The van der Waals surface area contributed by atoms with Gasteiger partial charge in [-0.05, 0) is 12.8 Å². The molecule has 0 saturated heterocycles. The molecule has 2 heteroatoms. The maximum absolute atomic E-state index is 9.03. The lowest BCUT2D eigenvalue weighted by atomic mass is 10.2. The van der Waals surface area contributed by atoms with Crippen LogP contribution in [0, 0.1) is 5.92 Å². The highest BCUT2D eigenvalue weighted by Gasteiger charge is 2.26. The lowest BCUT2D eigenvalue weighted by Crippen LogP contribution is -3.11. The highest BCUT2D eigenvalue weighted by atomic mass is 16.3. The number of nitrogens with one attached hydrogen (secondary N) is 1. The fourth-order valence-corrected chi connectivity index (χ4v) is 2.04. The molecule has 0 amide bonds. The van der Waals surface area contributed by atoms with Gasteiger partial charge in [0.15, 0.2) is 0 Å². The first-order valence-electron chi connectivity index (χ1n) is 5.87. The van der Waals surface area contributed by atoms with Crippen molar-refractivity contribution in [2.45, 2.75) is 19.4 Å². The van der Waals surface area contributed by atoms with Crippen molar-refractivity contribution in [1.82, 2.24) is 0 Å². The first kappa shape index (κ1) is 10.7. The Hall–Kier alpha value is -0.860. The SMILES string of the molecule is OCC[NH+](Cc1ccccc1)CC1CC1. The van der Waals surface area contributed by atoms with E-state index >= 15 is 0 Å². The van der Waals surface area contributed by atoms with Crippen molar-refractivity contribution in [2.75, 3.05) is 19.7 Å². The molecule has 1 fully saturated rings. The molecule has 2 nitrogen and oxygen atoms in total. The molecule has 0 aromatic heterocycles. The van der Waals surface area contributed by atoms with E-state index in [4.69, 9.17) is 5.11 Å². The molecule has 2 rings (SSSR count). The smallest absolute Gasteiger partial charge is 0.103 e. The lowest BCUT2D eigenvalue weighted by Gasteiger charge is -2.18. The van der Waals surface area contributed by atoms with E-state index in [0.717, 1.165) is 19.0 Å². The summed E-state index contributed by atoms with van der Waals surface area (Å²) >= 11 is 0. The van der Waals surface area contributed by atoms with Gasteiger partial charge in [0.2, 0.25) is 0 Å². The highest BCUT2D eigenvalue weighted by molar-refractivity contribution is 5.13. The van der Waals surface area contributed by atoms with Gasteiger partial charge in [0, 0.05) is 11.5 Å². The molecule has 1 saturated carbocycles. The van der Waals surface area contributed by atoms with E-state index in [1.165, 1.54) is 29.8 Å². The van der Waals surface area contributed by atoms with Crippen molar-refractivity contribution in [3.63, 3.8) is 0 Å². The molecule has 1 unspecified atom stereocenters. The quantitative estimate of drug-likeness (QED) is 0.695. The van der Waals surface area contributed by atoms with E-state index in [-0.39, 0.29) is 0 Å². The molecule has 0 aliphatic heterocycles. The summed E-state index contributed by atoms with van der Waals surface area (Å²) in [6, 6.07) is 10.6. The molecule has 1 atom stereocenters. The van der Waals surface area contributed by atoms with Gasteiger partial charge in [-0.2, -0.15) is 0 Å². The average molecular weight is 206 g/mol. The zero-order chi connectivity index (χ0) is 10.5. The van der Waals surface area contributed by atoms with Gasteiger partial charge < -0.3 is 10.0 Å². The fourth-order valence-electron chi connectivity index (χ4n) is 2.04. The summed E-state index contributed by atoms with van der Waals surface area (Å²) in [5, 5.41) is 9.03. The van der Waals surface area contributed by atoms with Crippen LogP contribution in [-0.2, 0) is 6.54 Å². The molecule has 1 aromatic carbocycles. The molecule has 82 valence electrons. The summed E-state index contributed by atoms with van der Waals surface area (Å²) in [5.74, 6) is 0.926. The highest BCUT2D eigenvalue weighted by Crippen LogP contribution is 2.26. The van der Waals surface area contributed by atoms with Crippen LogP contribution in [0.3, 0.4) is 0 Å². The van der Waals surface area contributed by atoms with Crippen LogP contribution in [0.15, 0.2) is 30.3 Å². The third-order valence-electron chi connectivity index (χ3n) is 3.04. The summed E-state index contributed by atoms with van der Waals surface area (Å²) in [6.45, 7) is 3.47. The molecule has 1 aromatic rings. The number of hydrogen-bond donors (Lipinski definition) is 2. The second-order valence-electron chi connectivity index (χ2n) is 4.53. The largest absolute Gasteiger partial charge is 0.391 e.